The first-order chi connectivity index (χ1) is 6.99. The molecule has 1 rings (SSSR count). The summed E-state index contributed by atoms with van der Waals surface area (Å²) in [7, 11) is 0. The van der Waals surface area contributed by atoms with E-state index in [1.807, 2.05) is 0 Å². The second-order valence-electron chi connectivity index (χ2n) is 4.86. The van der Waals surface area contributed by atoms with Gasteiger partial charge in [0.05, 0.1) is 0 Å². The highest BCUT2D eigenvalue weighted by atomic mass is 14.9. The molecule has 0 amide bonds. The number of nitrogens with one attached hydrogen (secondary N) is 1. The summed E-state index contributed by atoms with van der Waals surface area (Å²) < 4.78 is 0. The molecule has 0 radical (unpaired) electrons. The van der Waals surface area contributed by atoms with Crippen molar-refractivity contribution in [3.8, 4) is 0 Å². The van der Waals surface area contributed by atoms with Crippen LogP contribution in [0.1, 0.15) is 37.5 Å². The summed E-state index contributed by atoms with van der Waals surface area (Å²) in [6, 6.07) is 7.82. The summed E-state index contributed by atoms with van der Waals surface area (Å²) in [6.07, 6.45) is 1.12. The molecular formula is C14H23N. The van der Waals surface area contributed by atoms with E-state index in [1.54, 1.807) is 0 Å². The Morgan fingerprint density at radius 1 is 1.13 bits per heavy atom. The molecule has 0 aromatic heterocycles. The van der Waals surface area contributed by atoms with E-state index in [0.29, 0.717) is 12.1 Å². The second kappa shape index (κ2) is 5.32. The minimum Gasteiger partial charge on any atom is -0.312 e. The molecular weight excluding hydrogens is 182 g/mol. The van der Waals surface area contributed by atoms with Crippen molar-refractivity contribution >= 4 is 0 Å². The summed E-state index contributed by atoms with van der Waals surface area (Å²) >= 11 is 0. The van der Waals surface area contributed by atoms with Gasteiger partial charge in [-0.3, -0.25) is 0 Å². The molecule has 0 aliphatic carbocycles. The molecule has 1 unspecified atom stereocenters. The van der Waals surface area contributed by atoms with Crippen LogP contribution in [0.15, 0.2) is 18.2 Å². The van der Waals surface area contributed by atoms with Gasteiger partial charge in [0, 0.05) is 12.1 Å². The Morgan fingerprint density at radius 3 is 2.33 bits per heavy atom. The zero-order chi connectivity index (χ0) is 11.4. The SMILES string of the molecule is Cc1ccc(CC(C)NC(C)C)c(C)c1. The maximum absolute atomic E-state index is 3.53. The fraction of sp³-hybridized carbons (Fsp3) is 0.571. The molecule has 0 bridgehead atoms. The van der Waals surface area contributed by atoms with Crippen LogP contribution in [0.5, 0.6) is 0 Å². The second-order valence-corrected chi connectivity index (χ2v) is 4.86. The number of hydrogen-bond donors (Lipinski definition) is 1. The highest BCUT2D eigenvalue weighted by molar-refractivity contribution is 5.30. The lowest BCUT2D eigenvalue weighted by Crippen LogP contribution is -2.34. The number of rotatable bonds is 4. The number of hydrogen-bond acceptors (Lipinski definition) is 1. The largest absolute Gasteiger partial charge is 0.312 e. The van der Waals surface area contributed by atoms with E-state index in [4.69, 9.17) is 0 Å². The number of aryl methyl sites for hydroxylation is 2. The average Bonchev–Trinajstić information content (AvgIpc) is 2.08. The lowest BCUT2D eigenvalue weighted by molar-refractivity contribution is 0.487. The van der Waals surface area contributed by atoms with Crippen LogP contribution < -0.4 is 5.32 Å². The van der Waals surface area contributed by atoms with Gasteiger partial charge in [0.15, 0.2) is 0 Å². The molecule has 0 saturated heterocycles. The smallest absolute Gasteiger partial charge is 0.00816 e. The molecule has 1 aromatic carbocycles. The molecule has 0 fully saturated rings. The molecule has 0 saturated carbocycles. The molecule has 1 nitrogen and oxygen atoms in total. The Hall–Kier alpha value is -0.820. The van der Waals surface area contributed by atoms with Crippen LogP contribution in [-0.4, -0.2) is 12.1 Å². The van der Waals surface area contributed by atoms with Crippen LogP contribution in [-0.2, 0) is 6.42 Å². The molecule has 0 aliphatic heterocycles. The number of benzene rings is 1. The summed E-state index contributed by atoms with van der Waals surface area (Å²) in [5, 5.41) is 3.53. The van der Waals surface area contributed by atoms with Crippen LogP contribution in [0.4, 0.5) is 0 Å². The van der Waals surface area contributed by atoms with E-state index in [9.17, 15) is 0 Å². The van der Waals surface area contributed by atoms with Crippen molar-refractivity contribution < 1.29 is 0 Å². The zero-order valence-electron chi connectivity index (χ0n) is 10.6. The van der Waals surface area contributed by atoms with Crippen molar-refractivity contribution in [2.45, 2.75) is 53.1 Å². The first-order valence-electron chi connectivity index (χ1n) is 5.81. The Morgan fingerprint density at radius 2 is 1.80 bits per heavy atom. The summed E-state index contributed by atoms with van der Waals surface area (Å²) in [5.74, 6) is 0. The van der Waals surface area contributed by atoms with Gasteiger partial charge in [0.1, 0.15) is 0 Å². The minimum absolute atomic E-state index is 0.548. The lowest BCUT2D eigenvalue weighted by Gasteiger charge is -2.18. The first kappa shape index (κ1) is 12.3. The fourth-order valence-corrected chi connectivity index (χ4v) is 2.03. The molecule has 1 aromatic rings. The van der Waals surface area contributed by atoms with E-state index in [1.165, 1.54) is 16.7 Å². The van der Waals surface area contributed by atoms with Gasteiger partial charge in [-0.2, -0.15) is 0 Å². The lowest BCUT2D eigenvalue weighted by atomic mass is 10.00. The highest BCUT2D eigenvalue weighted by Crippen LogP contribution is 2.12. The van der Waals surface area contributed by atoms with E-state index in [-0.39, 0.29) is 0 Å². The Balaban J connectivity index is 2.64. The highest BCUT2D eigenvalue weighted by Gasteiger charge is 2.06. The van der Waals surface area contributed by atoms with Gasteiger partial charge < -0.3 is 5.32 Å². The van der Waals surface area contributed by atoms with Crippen molar-refractivity contribution in [3.05, 3.63) is 34.9 Å². The summed E-state index contributed by atoms with van der Waals surface area (Å²) in [6.45, 7) is 11.0. The molecule has 0 heterocycles. The standard InChI is InChI=1S/C14H23N/c1-10(2)15-13(5)9-14-7-6-11(3)8-12(14)4/h6-8,10,13,15H,9H2,1-5H3. The first-order valence-corrected chi connectivity index (χ1v) is 5.81. The Labute approximate surface area is 93.9 Å². The topological polar surface area (TPSA) is 12.0 Å². The molecule has 0 spiro atoms. The van der Waals surface area contributed by atoms with Crippen molar-refractivity contribution in [2.75, 3.05) is 0 Å². The average molecular weight is 205 g/mol. The van der Waals surface area contributed by atoms with E-state index < -0.39 is 0 Å². The van der Waals surface area contributed by atoms with Gasteiger partial charge in [0.25, 0.3) is 0 Å². The molecule has 15 heavy (non-hydrogen) atoms. The fourth-order valence-electron chi connectivity index (χ4n) is 2.03. The normalized spacial score (nSPS) is 13.2. The predicted molar refractivity (Wildman–Crippen MR) is 67.4 cm³/mol. The summed E-state index contributed by atoms with van der Waals surface area (Å²) in [4.78, 5) is 0. The van der Waals surface area contributed by atoms with Crippen molar-refractivity contribution in [2.24, 2.45) is 0 Å². The minimum atomic E-state index is 0.548. The quantitative estimate of drug-likeness (QED) is 0.795. The van der Waals surface area contributed by atoms with Crippen LogP contribution in [0, 0.1) is 13.8 Å². The van der Waals surface area contributed by atoms with Crippen molar-refractivity contribution in [1.82, 2.24) is 5.32 Å². The zero-order valence-corrected chi connectivity index (χ0v) is 10.6. The molecule has 0 aliphatic rings. The molecule has 1 atom stereocenters. The van der Waals surface area contributed by atoms with Gasteiger partial charge in [-0.1, -0.05) is 37.6 Å². The molecule has 1 N–H and O–H groups in total. The van der Waals surface area contributed by atoms with Gasteiger partial charge in [0.2, 0.25) is 0 Å². The third-order valence-corrected chi connectivity index (χ3v) is 2.64. The molecule has 84 valence electrons. The van der Waals surface area contributed by atoms with Gasteiger partial charge in [-0.15, -0.1) is 0 Å². The monoisotopic (exact) mass is 205 g/mol. The van der Waals surface area contributed by atoms with Crippen LogP contribution in [0.25, 0.3) is 0 Å². The van der Waals surface area contributed by atoms with Crippen LogP contribution in [0.2, 0.25) is 0 Å². The maximum atomic E-state index is 3.53. The van der Waals surface area contributed by atoms with Gasteiger partial charge >= 0.3 is 0 Å². The van der Waals surface area contributed by atoms with Crippen LogP contribution in [0.3, 0.4) is 0 Å². The summed E-state index contributed by atoms with van der Waals surface area (Å²) in [5.41, 5.74) is 4.22. The predicted octanol–water partition coefficient (Wildman–Crippen LogP) is 3.23. The Kier molecular flexibility index (Phi) is 4.34. The maximum Gasteiger partial charge on any atom is 0.00816 e. The van der Waals surface area contributed by atoms with E-state index in [0.717, 1.165) is 6.42 Å². The third-order valence-electron chi connectivity index (χ3n) is 2.64. The Bertz CT molecular complexity index is 315. The van der Waals surface area contributed by atoms with Crippen molar-refractivity contribution in [3.63, 3.8) is 0 Å². The van der Waals surface area contributed by atoms with Gasteiger partial charge in [-0.05, 0) is 38.3 Å². The van der Waals surface area contributed by atoms with E-state index in [2.05, 4.69) is 58.1 Å². The molecule has 1 heteroatoms. The van der Waals surface area contributed by atoms with Crippen molar-refractivity contribution in [1.29, 1.82) is 0 Å². The third kappa shape index (κ3) is 4.05. The van der Waals surface area contributed by atoms with E-state index >= 15 is 0 Å². The van der Waals surface area contributed by atoms with Gasteiger partial charge in [-0.25, -0.2) is 0 Å². The van der Waals surface area contributed by atoms with Crippen LogP contribution >= 0.6 is 0 Å².